The maximum absolute atomic E-state index is 12.2. The van der Waals surface area contributed by atoms with Gasteiger partial charge in [-0.05, 0) is 43.3 Å². The van der Waals surface area contributed by atoms with Gasteiger partial charge in [0.1, 0.15) is 5.69 Å². The molecule has 4 N–H and O–H groups in total. The molecule has 0 saturated carbocycles. The smallest absolute Gasteiger partial charge is 0.272 e. The quantitative estimate of drug-likeness (QED) is 0.622. The van der Waals surface area contributed by atoms with E-state index in [1.165, 1.54) is 0 Å². The number of benzene rings is 2. The fourth-order valence-corrected chi connectivity index (χ4v) is 2.11. The zero-order chi connectivity index (χ0) is 14.1. The first-order valence-electron chi connectivity index (χ1n) is 6.38. The number of nitrogen functional groups attached to an aromatic ring is 1. The number of aryl methyl sites for hydroxylation is 1. The van der Waals surface area contributed by atoms with Crippen LogP contribution in [0.25, 0.3) is 10.9 Å². The molecular formula is C16H15N3O. The monoisotopic (exact) mass is 265 g/mol. The molecule has 0 bridgehead atoms. The van der Waals surface area contributed by atoms with E-state index in [9.17, 15) is 4.79 Å². The second-order valence-corrected chi connectivity index (χ2v) is 4.85. The van der Waals surface area contributed by atoms with Gasteiger partial charge in [0.05, 0.1) is 0 Å². The molecule has 0 unspecified atom stereocenters. The van der Waals surface area contributed by atoms with Crippen molar-refractivity contribution in [3.8, 4) is 0 Å². The Hall–Kier alpha value is -2.75. The highest BCUT2D eigenvalue weighted by atomic mass is 16.1. The van der Waals surface area contributed by atoms with Crippen LogP contribution in [0.3, 0.4) is 0 Å². The van der Waals surface area contributed by atoms with E-state index in [0.29, 0.717) is 11.4 Å². The summed E-state index contributed by atoms with van der Waals surface area (Å²) in [7, 11) is 0. The summed E-state index contributed by atoms with van der Waals surface area (Å²) in [5.41, 5.74) is 9.76. The van der Waals surface area contributed by atoms with Crippen LogP contribution in [0.5, 0.6) is 0 Å². The predicted molar refractivity (Wildman–Crippen MR) is 81.8 cm³/mol. The van der Waals surface area contributed by atoms with Crippen LogP contribution in [-0.2, 0) is 0 Å². The van der Waals surface area contributed by atoms with E-state index in [4.69, 9.17) is 5.73 Å². The maximum atomic E-state index is 12.2. The molecular weight excluding hydrogens is 250 g/mol. The van der Waals surface area contributed by atoms with E-state index in [1.807, 2.05) is 43.3 Å². The summed E-state index contributed by atoms with van der Waals surface area (Å²) in [4.78, 5) is 15.3. The summed E-state index contributed by atoms with van der Waals surface area (Å²) >= 11 is 0. The highest BCUT2D eigenvalue weighted by molar-refractivity contribution is 6.06. The van der Waals surface area contributed by atoms with E-state index < -0.39 is 0 Å². The van der Waals surface area contributed by atoms with E-state index >= 15 is 0 Å². The molecule has 3 aromatic rings. The van der Waals surface area contributed by atoms with Crippen molar-refractivity contribution >= 4 is 28.2 Å². The molecule has 3 rings (SSSR count). The third-order valence-corrected chi connectivity index (χ3v) is 3.20. The summed E-state index contributed by atoms with van der Waals surface area (Å²) in [6.45, 7) is 2.01. The molecule has 20 heavy (non-hydrogen) atoms. The van der Waals surface area contributed by atoms with Gasteiger partial charge < -0.3 is 16.0 Å². The largest absolute Gasteiger partial charge is 0.399 e. The van der Waals surface area contributed by atoms with Crippen LogP contribution in [0.4, 0.5) is 11.4 Å². The molecule has 0 atom stereocenters. The first-order chi connectivity index (χ1) is 9.61. The minimum Gasteiger partial charge on any atom is -0.399 e. The Morgan fingerprint density at radius 2 is 1.85 bits per heavy atom. The van der Waals surface area contributed by atoms with Crippen LogP contribution in [0.2, 0.25) is 0 Å². The van der Waals surface area contributed by atoms with Crippen LogP contribution in [0.15, 0.2) is 48.5 Å². The van der Waals surface area contributed by atoms with Crippen LogP contribution in [0, 0.1) is 6.92 Å². The van der Waals surface area contributed by atoms with Crippen molar-refractivity contribution in [1.82, 2.24) is 4.98 Å². The van der Waals surface area contributed by atoms with Gasteiger partial charge >= 0.3 is 0 Å². The van der Waals surface area contributed by atoms with Crippen molar-refractivity contribution in [3.63, 3.8) is 0 Å². The summed E-state index contributed by atoms with van der Waals surface area (Å²) < 4.78 is 0. The van der Waals surface area contributed by atoms with Crippen molar-refractivity contribution in [2.45, 2.75) is 6.92 Å². The molecule has 4 nitrogen and oxygen atoms in total. The minimum atomic E-state index is -0.163. The number of nitrogens with one attached hydrogen (secondary N) is 2. The molecule has 4 heteroatoms. The molecule has 0 aliphatic heterocycles. The predicted octanol–water partition coefficient (Wildman–Crippen LogP) is 3.31. The van der Waals surface area contributed by atoms with E-state index in [2.05, 4.69) is 10.3 Å². The molecule has 0 aliphatic rings. The number of aromatic amines is 1. The van der Waals surface area contributed by atoms with Crippen molar-refractivity contribution in [1.29, 1.82) is 0 Å². The lowest BCUT2D eigenvalue weighted by Gasteiger charge is -2.03. The number of H-pyrrole nitrogens is 1. The number of aromatic nitrogens is 1. The number of rotatable bonds is 2. The number of amides is 1. The van der Waals surface area contributed by atoms with Gasteiger partial charge in [-0.1, -0.05) is 17.7 Å². The second-order valence-electron chi connectivity index (χ2n) is 4.85. The molecule has 1 aromatic heterocycles. The number of carbonyl (C=O) groups excluding carboxylic acids is 1. The standard InChI is InChI=1S/C16H15N3O/c1-10-2-5-13(6-3-10)18-16(20)15-9-11-8-12(17)4-7-14(11)19-15/h2-9,19H,17H2,1H3,(H,18,20). The molecule has 0 fully saturated rings. The van der Waals surface area contributed by atoms with Crippen LogP contribution >= 0.6 is 0 Å². The number of hydrogen-bond acceptors (Lipinski definition) is 2. The van der Waals surface area contributed by atoms with E-state index in [1.54, 1.807) is 12.1 Å². The molecule has 0 saturated heterocycles. The Kier molecular flexibility index (Phi) is 2.91. The Bertz CT molecular complexity index is 772. The lowest BCUT2D eigenvalue weighted by molar-refractivity contribution is 0.102. The summed E-state index contributed by atoms with van der Waals surface area (Å²) in [5, 5.41) is 3.79. The summed E-state index contributed by atoms with van der Waals surface area (Å²) in [6.07, 6.45) is 0. The average Bonchev–Trinajstić information content (AvgIpc) is 2.84. The van der Waals surface area contributed by atoms with E-state index in [0.717, 1.165) is 22.2 Å². The zero-order valence-corrected chi connectivity index (χ0v) is 11.1. The van der Waals surface area contributed by atoms with Gasteiger partial charge in [0, 0.05) is 22.3 Å². The van der Waals surface area contributed by atoms with Gasteiger partial charge in [-0.2, -0.15) is 0 Å². The Balaban J connectivity index is 1.86. The molecule has 1 amide bonds. The third-order valence-electron chi connectivity index (χ3n) is 3.20. The Morgan fingerprint density at radius 3 is 2.60 bits per heavy atom. The molecule has 0 aliphatic carbocycles. The Morgan fingerprint density at radius 1 is 1.10 bits per heavy atom. The number of carbonyl (C=O) groups is 1. The van der Waals surface area contributed by atoms with Crippen LogP contribution < -0.4 is 11.1 Å². The second kappa shape index (κ2) is 4.74. The van der Waals surface area contributed by atoms with Gasteiger partial charge in [0.2, 0.25) is 0 Å². The number of nitrogens with two attached hydrogens (primary N) is 1. The maximum Gasteiger partial charge on any atom is 0.272 e. The molecule has 0 spiro atoms. The third kappa shape index (κ3) is 2.36. The fourth-order valence-electron chi connectivity index (χ4n) is 2.11. The van der Waals surface area contributed by atoms with Crippen molar-refractivity contribution in [2.75, 3.05) is 11.1 Å². The lowest BCUT2D eigenvalue weighted by atomic mass is 10.2. The average molecular weight is 265 g/mol. The van der Waals surface area contributed by atoms with E-state index in [-0.39, 0.29) is 5.91 Å². The number of hydrogen-bond donors (Lipinski definition) is 3. The number of anilines is 2. The zero-order valence-electron chi connectivity index (χ0n) is 11.1. The first kappa shape index (κ1) is 12.3. The molecule has 0 radical (unpaired) electrons. The fraction of sp³-hybridized carbons (Fsp3) is 0.0625. The normalized spacial score (nSPS) is 10.7. The van der Waals surface area contributed by atoms with Gasteiger partial charge in [0.25, 0.3) is 5.91 Å². The van der Waals surface area contributed by atoms with Gasteiger partial charge in [-0.25, -0.2) is 0 Å². The summed E-state index contributed by atoms with van der Waals surface area (Å²) in [6, 6.07) is 15.0. The van der Waals surface area contributed by atoms with Gasteiger partial charge in [-0.15, -0.1) is 0 Å². The SMILES string of the molecule is Cc1ccc(NC(=O)c2cc3cc(N)ccc3[nH]2)cc1. The van der Waals surface area contributed by atoms with Crippen molar-refractivity contribution in [3.05, 3.63) is 59.8 Å². The highest BCUT2D eigenvalue weighted by Crippen LogP contribution is 2.19. The lowest BCUT2D eigenvalue weighted by Crippen LogP contribution is -2.12. The molecule has 1 heterocycles. The van der Waals surface area contributed by atoms with Crippen LogP contribution in [0.1, 0.15) is 16.1 Å². The number of fused-ring (bicyclic) bond motifs is 1. The molecule has 100 valence electrons. The van der Waals surface area contributed by atoms with Crippen molar-refractivity contribution < 1.29 is 4.79 Å². The van der Waals surface area contributed by atoms with Crippen molar-refractivity contribution in [2.24, 2.45) is 0 Å². The highest BCUT2D eigenvalue weighted by Gasteiger charge is 2.09. The summed E-state index contributed by atoms with van der Waals surface area (Å²) in [5.74, 6) is -0.163. The minimum absolute atomic E-state index is 0.163. The first-order valence-corrected chi connectivity index (χ1v) is 6.38. The van der Waals surface area contributed by atoms with Gasteiger partial charge in [-0.3, -0.25) is 4.79 Å². The van der Waals surface area contributed by atoms with Gasteiger partial charge in [0.15, 0.2) is 0 Å². The molecule has 2 aromatic carbocycles. The Labute approximate surface area is 116 Å². The topological polar surface area (TPSA) is 70.9 Å². The van der Waals surface area contributed by atoms with Crippen LogP contribution in [-0.4, -0.2) is 10.9 Å².